The molecule has 0 amide bonds. The highest BCUT2D eigenvalue weighted by Gasteiger charge is 2.06. The van der Waals surface area contributed by atoms with Crippen LogP contribution >= 0.6 is 0 Å². The molecule has 0 fully saturated rings. The van der Waals surface area contributed by atoms with Crippen LogP contribution in [0.4, 0.5) is 17.3 Å². The summed E-state index contributed by atoms with van der Waals surface area (Å²) in [6.45, 7) is 0.269. The minimum Gasteiger partial charge on any atom is -0.495 e. The van der Waals surface area contributed by atoms with Crippen molar-refractivity contribution in [3.8, 4) is 11.8 Å². The number of nitrogens with one attached hydrogen (secondary N) is 1. The summed E-state index contributed by atoms with van der Waals surface area (Å²) < 4.78 is 5.27. The van der Waals surface area contributed by atoms with Gasteiger partial charge in [0, 0.05) is 13.1 Å². The number of ether oxygens (including phenoxy) is 1. The van der Waals surface area contributed by atoms with Crippen molar-refractivity contribution in [1.82, 2.24) is 9.97 Å². The lowest BCUT2D eigenvalue weighted by Crippen LogP contribution is -2.18. The fraction of sp³-hybridized carbons (Fsp3) is 0.214. The minimum absolute atomic E-state index is 0.269. The van der Waals surface area contributed by atoms with Crippen LogP contribution in [0.3, 0.4) is 0 Å². The van der Waals surface area contributed by atoms with Crippen molar-refractivity contribution in [1.29, 1.82) is 5.26 Å². The number of hydrogen-bond donors (Lipinski definition) is 1. The second-order valence-electron chi connectivity index (χ2n) is 4.10. The molecule has 0 radical (unpaired) electrons. The van der Waals surface area contributed by atoms with E-state index in [-0.39, 0.29) is 6.54 Å². The number of methoxy groups -OCH3 is 1. The maximum atomic E-state index is 8.70. The molecular weight excluding hydrogens is 254 g/mol. The number of hydrogen-bond acceptors (Lipinski definition) is 6. The Labute approximate surface area is 117 Å². The van der Waals surface area contributed by atoms with E-state index in [1.165, 1.54) is 6.33 Å². The normalized spacial score (nSPS) is 9.65. The van der Waals surface area contributed by atoms with E-state index in [1.54, 1.807) is 25.1 Å². The topological polar surface area (TPSA) is 74.1 Å². The fourth-order valence-corrected chi connectivity index (χ4v) is 1.70. The monoisotopic (exact) mass is 269 g/mol. The van der Waals surface area contributed by atoms with Gasteiger partial charge < -0.3 is 15.0 Å². The number of para-hydroxylation sites is 2. The highest BCUT2D eigenvalue weighted by molar-refractivity contribution is 5.65. The Hall–Kier alpha value is -2.81. The van der Waals surface area contributed by atoms with Crippen LogP contribution in [0.15, 0.2) is 36.7 Å². The molecule has 0 aliphatic rings. The maximum absolute atomic E-state index is 8.70. The fourth-order valence-electron chi connectivity index (χ4n) is 1.70. The molecule has 0 aliphatic carbocycles. The van der Waals surface area contributed by atoms with E-state index in [9.17, 15) is 0 Å². The van der Waals surface area contributed by atoms with Gasteiger partial charge in [0.25, 0.3) is 0 Å². The van der Waals surface area contributed by atoms with Crippen LogP contribution in [-0.2, 0) is 0 Å². The first-order chi connectivity index (χ1) is 9.74. The smallest absolute Gasteiger partial charge is 0.142 e. The van der Waals surface area contributed by atoms with Crippen molar-refractivity contribution < 1.29 is 4.74 Å². The molecule has 2 rings (SSSR count). The van der Waals surface area contributed by atoms with Gasteiger partial charge in [-0.15, -0.1) is 0 Å². The summed E-state index contributed by atoms with van der Waals surface area (Å²) in [5.41, 5.74) is 0.822. The molecule has 1 N–H and O–H groups in total. The van der Waals surface area contributed by atoms with Gasteiger partial charge in [-0.05, 0) is 12.1 Å². The second-order valence-corrected chi connectivity index (χ2v) is 4.10. The molecular formula is C14H15N5O. The van der Waals surface area contributed by atoms with Crippen molar-refractivity contribution in [3.63, 3.8) is 0 Å². The first kappa shape index (κ1) is 13.6. The van der Waals surface area contributed by atoms with E-state index in [0.29, 0.717) is 11.6 Å². The lowest BCUT2D eigenvalue weighted by molar-refractivity contribution is 0.417. The number of nitriles is 1. The molecule has 0 atom stereocenters. The predicted molar refractivity (Wildman–Crippen MR) is 77.2 cm³/mol. The molecule has 0 saturated heterocycles. The lowest BCUT2D eigenvalue weighted by Gasteiger charge is -2.15. The van der Waals surface area contributed by atoms with Gasteiger partial charge in [0.1, 0.15) is 30.3 Å². The maximum Gasteiger partial charge on any atom is 0.142 e. The van der Waals surface area contributed by atoms with Crippen molar-refractivity contribution in [2.24, 2.45) is 0 Å². The number of benzene rings is 1. The van der Waals surface area contributed by atoms with Gasteiger partial charge in [-0.2, -0.15) is 5.26 Å². The largest absolute Gasteiger partial charge is 0.495 e. The summed E-state index contributed by atoms with van der Waals surface area (Å²) in [7, 11) is 3.42. The summed E-state index contributed by atoms with van der Waals surface area (Å²) >= 11 is 0. The van der Waals surface area contributed by atoms with Gasteiger partial charge in [-0.3, -0.25) is 0 Å². The van der Waals surface area contributed by atoms with Crippen LogP contribution in [0.2, 0.25) is 0 Å². The molecule has 1 heterocycles. The van der Waals surface area contributed by atoms with Gasteiger partial charge in [0.15, 0.2) is 0 Å². The molecule has 1 aromatic carbocycles. The zero-order valence-corrected chi connectivity index (χ0v) is 11.4. The molecule has 0 spiro atoms. The first-order valence-corrected chi connectivity index (χ1v) is 6.04. The summed E-state index contributed by atoms with van der Waals surface area (Å²) in [5, 5.41) is 11.9. The van der Waals surface area contributed by atoms with Gasteiger partial charge in [0.2, 0.25) is 0 Å². The molecule has 6 nitrogen and oxygen atoms in total. The third-order valence-electron chi connectivity index (χ3n) is 2.72. The quantitative estimate of drug-likeness (QED) is 0.839. The Balaban J connectivity index is 2.22. The molecule has 0 bridgehead atoms. The van der Waals surface area contributed by atoms with Crippen molar-refractivity contribution in [3.05, 3.63) is 36.7 Å². The Morgan fingerprint density at radius 2 is 2.15 bits per heavy atom. The summed E-state index contributed by atoms with van der Waals surface area (Å²) in [5.74, 6) is 2.06. The minimum atomic E-state index is 0.269. The van der Waals surface area contributed by atoms with Crippen LogP contribution in [0, 0.1) is 11.3 Å². The van der Waals surface area contributed by atoms with Crippen LogP contribution in [0.5, 0.6) is 5.75 Å². The molecule has 0 unspecified atom stereocenters. The standard InChI is InChI=1S/C14H15N5O/c1-19(8-7-15)14-9-13(16-10-17-14)18-11-5-3-4-6-12(11)20-2/h3-6,9-10H,8H2,1-2H3,(H,16,17,18). The van der Waals surface area contributed by atoms with Crippen molar-refractivity contribution in [2.45, 2.75) is 0 Å². The van der Waals surface area contributed by atoms with E-state index in [2.05, 4.69) is 21.4 Å². The molecule has 2 aromatic rings. The number of aromatic nitrogens is 2. The van der Waals surface area contributed by atoms with Crippen molar-refractivity contribution in [2.75, 3.05) is 30.9 Å². The van der Waals surface area contributed by atoms with E-state index in [1.807, 2.05) is 24.3 Å². The average molecular weight is 269 g/mol. The summed E-state index contributed by atoms with van der Waals surface area (Å²) in [4.78, 5) is 10.0. The van der Waals surface area contributed by atoms with Crippen LogP contribution in [0.1, 0.15) is 0 Å². The van der Waals surface area contributed by atoms with Crippen LogP contribution in [-0.4, -0.2) is 30.7 Å². The highest BCUT2D eigenvalue weighted by atomic mass is 16.5. The lowest BCUT2D eigenvalue weighted by atomic mass is 10.3. The number of nitrogens with zero attached hydrogens (tertiary/aromatic N) is 4. The summed E-state index contributed by atoms with van der Waals surface area (Å²) in [6, 6.07) is 11.4. The van der Waals surface area contributed by atoms with E-state index < -0.39 is 0 Å². The Morgan fingerprint density at radius 1 is 1.35 bits per heavy atom. The second kappa shape index (κ2) is 6.38. The summed E-state index contributed by atoms with van der Waals surface area (Å²) in [6.07, 6.45) is 1.46. The van der Waals surface area contributed by atoms with E-state index in [0.717, 1.165) is 11.4 Å². The van der Waals surface area contributed by atoms with Gasteiger partial charge in [-0.25, -0.2) is 9.97 Å². The zero-order chi connectivity index (χ0) is 14.4. The SMILES string of the molecule is COc1ccccc1Nc1cc(N(C)CC#N)ncn1. The molecule has 1 aromatic heterocycles. The molecule has 0 aliphatic heterocycles. The predicted octanol–water partition coefficient (Wildman–Crippen LogP) is 2.19. The van der Waals surface area contributed by atoms with E-state index in [4.69, 9.17) is 10.00 Å². The Bertz CT molecular complexity index is 623. The number of anilines is 3. The van der Waals surface area contributed by atoms with Crippen molar-refractivity contribution >= 4 is 17.3 Å². The average Bonchev–Trinajstić information content (AvgIpc) is 2.48. The molecule has 0 saturated carbocycles. The van der Waals surface area contributed by atoms with Crippen LogP contribution < -0.4 is 15.0 Å². The van der Waals surface area contributed by atoms with Gasteiger partial charge in [0.05, 0.1) is 18.9 Å². The van der Waals surface area contributed by atoms with Crippen LogP contribution in [0.25, 0.3) is 0 Å². The number of rotatable bonds is 5. The van der Waals surface area contributed by atoms with Gasteiger partial charge in [-0.1, -0.05) is 12.1 Å². The van der Waals surface area contributed by atoms with Gasteiger partial charge >= 0.3 is 0 Å². The third-order valence-corrected chi connectivity index (χ3v) is 2.72. The molecule has 6 heteroatoms. The van der Waals surface area contributed by atoms with E-state index >= 15 is 0 Å². The molecule has 20 heavy (non-hydrogen) atoms. The molecule has 102 valence electrons. The highest BCUT2D eigenvalue weighted by Crippen LogP contribution is 2.26. The zero-order valence-electron chi connectivity index (χ0n) is 11.4. The first-order valence-electron chi connectivity index (χ1n) is 6.04. The Kier molecular flexibility index (Phi) is 4.35. The Morgan fingerprint density at radius 3 is 2.90 bits per heavy atom. The third kappa shape index (κ3) is 3.14.